The molecule has 0 saturated carbocycles. The van der Waals surface area contributed by atoms with E-state index in [2.05, 4.69) is 22.6 Å². The van der Waals surface area contributed by atoms with Crippen molar-refractivity contribution in [2.24, 2.45) is 0 Å². The number of benzene rings is 2. The zero-order valence-electron chi connectivity index (χ0n) is 9.91. The van der Waals surface area contributed by atoms with Gasteiger partial charge in [0.25, 0.3) is 0 Å². The molecule has 0 saturated heterocycles. The first-order chi connectivity index (χ1) is 8.58. The molecule has 0 spiro atoms. The Morgan fingerprint density at radius 2 is 1.83 bits per heavy atom. The molecule has 0 aliphatic carbocycles. The van der Waals surface area contributed by atoms with Crippen LogP contribution in [0.1, 0.15) is 21.5 Å². The number of aryl methyl sites for hydroxylation is 1. The number of carbonyl (C=O) groups is 1. The van der Waals surface area contributed by atoms with E-state index in [0.29, 0.717) is 5.56 Å². The highest BCUT2D eigenvalue weighted by Gasteiger charge is 2.13. The Labute approximate surface area is 119 Å². The van der Waals surface area contributed by atoms with E-state index >= 15 is 0 Å². The Kier molecular flexibility index (Phi) is 4.11. The summed E-state index contributed by atoms with van der Waals surface area (Å²) >= 11 is 2.21. The zero-order chi connectivity index (χ0) is 13.1. The van der Waals surface area contributed by atoms with E-state index in [-0.39, 0.29) is 17.8 Å². The molecule has 0 radical (unpaired) electrons. The van der Waals surface area contributed by atoms with Crippen LogP contribution in [0.25, 0.3) is 0 Å². The van der Waals surface area contributed by atoms with Crippen molar-refractivity contribution in [3.05, 3.63) is 68.5 Å². The first kappa shape index (κ1) is 13.2. The van der Waals surface area contributed by atoms with Gasteiger partial charge in [0.1, 0.15) is 5.82 Å². The molecular formula is C15H12FIO. The number of hydrogen-bond donors (Lipinski definition) is 0. The Hall–Kier alpha value is -1.23. The monoisotopic (exact) mass is 354 g/mol. The van der Waals surface area contributed by atoms with Gasteiger partial charge in [-0.15, -0.1) is 0 Å². The number of carbonyl (C=O) groups excluding carboxylic acids is 1. The van der Waals surface area contributed by atoms with Crippen molar-refractivity contribution >= 4 is 28.4 Å². The summed E-state index contributed by atoms with van der Waals surface area (Å²) in [6, 6.07) is 12.6. The SMILES string of the molecule is Cc1cccc(C(=O)Cc2ccc(I)cc2)c1F. The zero-order valence-corrected chi connectivity index (χ0v) is 12.1. The molecule has 3 heteroatoms. The molecule has 0 unspecified atom stereocenters. The lowest BCUT2D eigenvalue weighted by Crippen LogP contribution is -2.07. The van der Waals surface area contributed by atoms with Gasteiger partial charge in [-0.3, -0.25) is 4.79 Å². The molecule has 0 aliphatic rings. The summed E-state index contributed by atoms with van der Waals surface area (Å²) in [5.74, 6) is -0.592. The maximum Gasteiger partial charge on any atom is 0.170 e. The number of rotatable bonds is 3. The van der Waals surface area contributed by atoms with E-state index in [0.717, 1.165) is 9.13 Å². The summed E-state index contributed by atoms with van der Waals surface area (Å²) in [5.41, 5.74) is 1.58. The minimum absolute atomic E-state index is 0.175. The number of ketones is 1. The van der Waals surface area contributed by atoms with Gasteiger partial charge < -0.3 is 0 Å². The number of hydrogen-bond acceptors (Lipinski definition) is 1. The largest absolute Gasteiger partial charge is 0.294 e. The summed E-state index contributed by atoms with van der Waals surface area (Å²) in [4.78, 5) is 12.0. The third-order valence-electron chi connectivity index (χ3n) is 2.77. The highest BCUT2D eigenvalue weighted by atomic mass is 127. The van der Waals surface area contributed by atoms with Crippen LogP contribution in [0, 0.1) is 16.3 Å². The van der Waals surface area contributed by atoms with Gasteiger partial charge in [0, 0.05) is 9.99 Å². The highest BCUT2D eigenvalue weighted by molar-refractivity contribution is 14.1. The smallest absolute Gasteiger partial charge is 0.170 e. The average molecular weight is 354 g/mol. The van der Waals surface area contributed by atoms with Crippen molar-refractivity contribution in [2.45, 2.75) is 13.3 Å². The third kappa shape index (κ3) is 2.96. The van der Waals surface area contributed by atoms with Crippen LogP contribution in [0.5, 0.6) is 0 Å². The normalized spacial score (nSPS) is 10.4. The maximum absolute atomic E-state index is 13.8. The molecule has 2 rings (SSSR count). The van der Waals surface area contributed by atoms with E-state index in [4.69, 9.17) is 0 Å². The molecular weight excluding hydrogens is 342 g/mol. The predicted molar refractivity (Wildman–Crippen MR) is 78.3 cm³/mol. The van der Waals surface area contributed by atoms with Gasteiger partial charge >= 0.3 is 0 Å². The summed E-state index contributed by atoms with van der Waals surface area (Å²) in [7, 11) is 0. The maximum atomic E-state index is 13.8. The van der Waals surface area contributed by atoms with Crippen LogP contribution >= 0.6 is 22.6 Å². The second kappa shape index (κ2) is 5.61. The van der Waals surface area contributed by atoms with Crippen molar-refractivity contribution in [3.8, 4) is 0 Å². The summed E-state index contributed by atoms with van der Waals surface area (Å²) < 4.78 is 14.9. The highest BCUT2D eigenvalue weighted by Crippen LogP contribution is 2.15. The lowest BCUT2D eigenvalue weighted by atomic mass is 10.0. The van der Waals surface area contributed by atoms with Crippen LogP contribution in [0.4, 0.5) is 4.39 Å². The Balaban J connectivity index is 2.22. The fourth-order valence-electron chi connectivity index (χ4n) is 1.75. The minimum atomic E-state index is -0.409. The molecule has 0 atom stereocenters. The van der Waals surface area contributed by atoms with E-state index in [1.54, 1.807) is 19.1 Å². The van der Waals surface area contributed by atoms with Crippen LogP contribution in [0.3, 0.4) is 0 Å². The first-order valence-electron chi connectivity index (χ1n) is 5.60. The molecule has 0 aromatic heterocycles. The van der Waals surface area contributed by atoms with Crippen molar-refractivity contribution < 1.29 is 9.18 Å². The molecule has 0 bridgehead atoms. The summed E-state index contributed by atoms with van der Waals surface area (Å²) in [6.45, 7) is 1.66. The number of Topliss-reactive ketones (excluding diaryl/α,β-unsaturated/α-hetero) is 1. The minimum Gasteiger partial charge on any atom is -0.294 e. The lowest BCUT2D eigenvalue weighted by molar-refractivity contribution is 0.0989. The van der Waals surface area contributed by atoms with Crippen molar-refractivity contribution in [1.29, 1.82) is 0 Å². The van der Waals surface area contributed by atoms with Crippen molar-refractivity contribution in [1.82, 2.24) is 0 Å². The Bertz CT molecular complexity index is 576. The van der Waals surface area contributed by atoms with Gasteiger partial charge in [-0.1, -0.05) is 24.3 Å². The average Bonchev–Trinajstić information content (AvgIpc) is 2.35. The molecule has 2 aromatic rings. The standard InChI is InChI=1S/C15H12FIO/c1-10-3-2-4-13(15(10)16)14(18)9-11-5-7-12(17)8-6-11/h2-8H,9H2,1H3. The quantitative estimate of drug-likeness (QED) is 0.598. The Morgan fingerprint density at radius 3 is 2.50 bits per heavy atom. The first-order valence-corrected chi connectivity index (χ1v) is 6.68. The van der Waals surface area contributed by atoms with Gasteiger partial charge in [-0.2, -0.15) is 0 Å². The topological polar surface area (TPSA) is 17.1 Å². The van der Waals surface area contributed by atoms with Gasteiger partial charge in [0.05, 0.1) is 5.56 Å². The fourth-order valence-corrected chi connectivity index (χ4v) is 2.11. The predicted octanol–water partition coefficient (Wildman–Crippen LogP) is 4.16. The van der Waals surface area contributed by atoms with E-state index in [1.807, 2.05) is 24.3 Å². The van der Waals surface area contributed by atoms with E-state index < -0.39 is 5.82 Å². The molecule has 1 nitrogen and oxygen atoms in total. The summed E-state index contributed by atoms with van der Waals surface area (Å²) in [5, 5.41) is 0. The Morgan fingerprint density at radius 1 is 1.17 bits per heavy atom. The van der Waals surface area contributed by atoms with E-state index in [9.17, 15) is 9.18 Å². The number of halogens is 2. The van der Waals surface area contributed by atoms with Crippen molar-refractivity contribution in [3.63, 3.8) is 0 Å². The molecule has 0 N–H and O–H groups in total. The molecule has 0 amide bonds. The van der Waals surface area contributed by atoms with Gasteiger partial charge in [0.2, 0.25) is 0 Å². The molecule has 0 fully saturated rings. The van der Waals surface area contributed by atoms with Crippen molar-refractivity contribution in [2.75, 3.05) is 0 Å². The van der Waals surface area contributed by atoms with Crippen LogP contribution in [0.2, 0.25) is 0 Å². The second-order valence-electron chi connectivity index (χ2n) is 4.16. The van der Waals surface area contributed by atoms with Crippen LogP contribution in [0.15, 0.2) is 42.5 Å². The van der Waals surface area contributed by atoms with Crippen LogP contribution < -0.4 is 0 Å². The van der Waals surface area contributed by atoms with Gasteiger partial charge in [-0.25, -0.2) is 4.39 Å². The second-order valence-corrected chi connectivity index (χ2v) is 5.41. The van der Waals surface area contributed by atoms with Gasteiger partial charge in [-0.05, 0) is 58.8 Å². The molecule has 0 aliphatic heterocycles. The lowest BCUT2D eigenvalue weighted by Gasteiger charge is -2.05. The van der Waals surface area contributed by atoms with Crippen LogP contribution in [-0.2, 0) is 6.42 Å². The third-order valence-corrected chi connectivity index (χ3v) is 3.49. The van der Waals surface area contributed by atoms with Gasteiger partial charge in [0.15, 0.2) is 5.78 Å². The molecule has 0 heterocycles. The fraction of sp³-hybridized carbons (Fsp3) is 0.133. The van der Waals surface area contributed by atoms with Crippen LogP contribution in [-0.4, -0.2) is 5.78 Å². The molecule has 92 valence electrons. The summed E-state index contributed by atoms with van der Waals surface area (Å²) in [6.07, 6.45) is 0.233. The molecule has 2 aromatic carbocycles. The van der Waals surface area contributed by atoms with E-state index in [1.165, 1.54) is 6.07 Å². The molecule has 18 heavy (non-hydrogen) atoms.